The van der Waals surface area contributed by atoms with Gasteiger partial charge in [0.05, 0.1) is 11.4 Å². The Bertz CT molecular complexity index is 1780. The van der Waals surface area contributed by atoms with Gasteiger partial charge in [0.15, 0.2) is 17.3 Å². The van der Waals surface area contributed by atoms with Crippen molar-refractivity contribution in [2.45, 2.75) is 45.9 Å². The molecular formula is C36H34N2O5S. The lowest BCUT2D eigenvalue weighted by Gasteiger charge is -2.32. The molecule has 0 unspecified atom stereocenters. The van der Waals surface area contributed by atoms with Gasteiger partial charge in [0.1, 0.15) is 5.71 Å². The van der Waals surface area contributed by atoms with Crippen molar-refractivity contribution in [2.24, 2.45) is 5.16 Å². The normalized spacial score (nSPS) is 12.2. The van der Waals surface area contributed by atoms with Crippen LogP contribution >= 0.6 is 11.8 Å². The summed E-state index contributed by atoms with van der Waals surface area (Å²) in [6.07, 6.45) is 0.302. The fourth-order valence-electron chi connectivity index (χ4n) is 5.26. The summed E-state index contributed by atoms with van der Waals surface area (Å²) in [5.74, 6) is 0.560. The van der Waals surface area contributed by atoms with Crippen LogP contribution in [0.5, 0.6) is 11.5 Å². The van der Waals surface area contributed by atoms with E-state index in [4.69, 9.17) is 9.57 Å². The molecule has 1 heterocycles. The molecule has 1 aliphatic heterocycles. The maximum absolute atomic E-state index is 13.7. The monoisotopic (exact) mass is 606 g/mol. The maximum atomic E-state index is 13.7. The Morgan fingerprint density at radius 3 is 2.07 bits per heavy atom. The highest BCUT2D eigenvalue weighted by molar-refractivity contribution is 7.99. The van der Waals surface area contributed by atoms with Crippen LogP contribution in [0.15, 0.2) is 88.9 Å². The SMILES string of the molecule is CCN1c2ccc(C(=O)C(CCSc3c(C)cccc3C)=NOC(C)=O)cc2Oc2cc(C(=O)c3ccccc3C)ccc21. The number of ether oxygens (including phenoxy) is 1. The van der Waals surface area contributed by atoms with Crippen LogP contribution in [0.2, 0.25) is 0 Å². The van der Waals surface area contributed by atoms with E-state index in [1.165, 1.54) is 6.92 Å². The molecule has 0 bridgehead atoms. The smallest absolute Gasteiger partial charge is 0.331 e. The molecular weight excluding hydrogens is 572 g/mol. The second-order valence-electron chi connectivity index (χ2n) is 10.6. The van der Waals surface area contributed by atoms with Crippen molar-refractivity contribution >= 4 is 46.4 Å². The van der Waals surface area contributed by atoms with Gasteiger partial charge in [-0.25, -0.2) is 4.79 Å². The van der Waals surface area contributed by atoms with Gasteiger partial charge in [-0.05, 0) is 80.8 Å². The van der Waals surface area contributed by atoms with Crippen molar-refractivity contribution < 1.29 is 24.0 Å². The van der Waals surface area contributed by atoms with Gasteiger partial charge in [-0.3, -0.25) is 9.59 Å². The summed E-state index contributed by atoms with van der Waals surface area (Å²) < 4.78 is 6.33. The number of benzene rings is 4. The predicted molar refractivity (Wildman–Crippen MR) is 175 cm³/mol. The van der Waals surface area contributed by atoms with E-state index in [2.05, 4.69) is 36.0 Å². The average molecular weight is 607 g/mol. The van der Waals surface area contributed by atoms with Gasteiger partial charge in [-0.1, -0.05) is 47.6 Å². The first-order chi connectivity index (χ1) is 21.2. The van der Waals surface area contributed by atoms with Crippen LogP contribution in [0.4, 0.5) is 11.4 Å². The van der Waals surface area contributed by atoms with Crippen molar-refractivity contribution in [1.29, 1.82) is 0 Å². The summed E-state index contributed by atoms with van der Waals surface area (Å²) in [7, 11) is 0. The molecule has 7 nitrogen and oxygen atoms in total. The Labute approximate surface area is 261 Å². The lowest BCUT2D eigenvalue weighted by molar-refractivity contribution is -0.140. The maximum Gasteiger partial charge on any atom is 0.331 e. The largest absolute Gasteiger partial charge is 0.453 e. The van der Waals surface area contributed by atoms with Crippen molar-refractivity contribution in [3.05, 3.63) is 112 Å². The number of fused-ring (bicyclic) bond motifs is 2. The highest BCUT2D eigenvalue weighted by atomic mass is 32.2. The number of hydrogen-bond donors (Lipinski definition) is 0. The molecule has 4 aromatic carbocycles. The molecule has 224 valence electrons. The Morgan fingerprint density at radius 2 is 1.43 bits per heavy atom. The van der Waals surface area contributed by atoms with Crippen LogP contribution in [-0.4, -0.2) is 35.5 Å². The summed E-state index contributed by atoms with van der Waals surface area (Å²) in [6, 6.07) is 24.3. The number of aryl methyl sites for hydroxylation is 3. The summed E-state index contributed by atoms with van der Waals surface area (Å²) in [6.45, 7) is 9.95. The van der Waals surface area contributed by atoms with E-state index in [0.717, 1.165) is 33.0 Å². The fraction of sp³-hybridized carbons (Fsp3) is 0.222. The Morgan fingerprint density at radius 1 is 0.818 bits per heavy atom. The van der Waals surface area contributed by atoms with E-state index in [9.17, 15) is 14.4 Å². The van der Waals surface area contributed by atoms with Crippen LogP contribution in [0, 0.1) is 20.8 Å². The summed E-state index contributed by atoms with van der Waals surface area (Å²) >= 11 is 1.64. The second kappa shape index (κ2) is 13.3. The van der Waals surface area contributed by atoms with E-state index < -0.39 is 5.97 Å². The number of carbonyl (C=O) groups is 3. The molecule has 0 amide bonds. The molecule has 0 radical (unpaired) electrons. The molecule has 8 heteroatoms. The van der Waals surface area contributed by atoms with Crippen LogP contribution < -0.4 is 9.64 Å². The predicted octanol–water partition coefficient (Wildman–Crippen LogP) is 8.39. The third kappa shape index (κ3) is 6.45. The number of nitrogens with zero attached hydrogens (tertiary/aromatic N) is 2. The van der Waals surface area contributed by atoms with E-state index in [1.807, 2.05) is 62.4 Å². The molecule has 0 aliphatic carbocycles. The minimum Gasteiger partial charge on any atom is -0.453 e. The molecule has 4 aromatic rings. The molecule has 0 fully saturated rings. The van der Waals surface area contributed by atoms with E-state index in [1.54, 1.807) is 30.0 Å². The summed E-state index contributed by atoms with van der Waals surface area (Å²) in [5, 5.41) is 3.94. The number of hydrogen-bond acceptors (Lipinski definition) is 8. The zero-order valence-corrected chi connectivity index (χ0v) is 26.3. The summed E-state index contributed by atoms with van der Waals surface area (Å²) in [4.78, 5) is 46.7. The van der Waals surface area contributed by atoms with Crippen molar-refractivity contribution in [1.82, 2.24) is 0 Å². The minimum atomic E-state index is -0.599. The van der Waals surface area contributed by atoms with Gasteiger partial charge < -0.3 is 14.5 Å². The van der Waals surface area contributed by atoms with Gasteiger partial charge in [0, 0.05) is 47.2 Å². The quantitative estimate of drug-likeness (QED) is 0.0589. The summed E-state index contributed by atoms with van der Waals surface area (Å²) in [5.41, 5.74) is 6.53. The lowest BCUT2D eigenvalue weighted by atomic mass is 9.98. The van der Waals surface area contributed by atoms with Crippen LogP contribution in [-0.2, 0) is 9.63 Å². The first-order valence-electron chi connectivity index (χ1n) is 14.5. The van der Waals surface area contributed by atoms with Gasteiger partial charge in [0.2, 0.25) is 5.78 Å². The van der Waals surface area contributed by atoms with Crippen molar-refractivity contribution in [2.75, 3.05) is 17.2 Å². The number of carbonyl (C=O) groups excluding carboxylic acids is 3. The number of thioether (sulfide) groups is 1. The Kier molecular flexibility index (Phi) is 9.30. The molecule has 5 rings (SSSR count). The number of anilines is 2. The van der Waals surface area contributed by atoms with Gasteiger partial charge in [0.25, 0.3) is 0 Å². The number of ketones is 2. The molecule has 0 N–H and O–H groups in total. The van der Waals surface area contributed by atoms with Crippen LogP contribution in [0.25, 0.3) is 0 Å². The standard InChI is InChI=1S/C36H34N2O5S/c1-6-38-30-16-14-26(34(40)28-13-8-7-10-22(28)2)20-32(30)42-33-21-27(15-17-31(33)38)35(41)29(37-43-25(5)39)18-19-44-36-23(3)11-9-12-24(36)4/h7-17,20-21H,6,18-19H2,1-5H3. The topological polar surface area (TPSA) is 85.3 Å². The van der Waals surface area contributed by atoms with E-state index in [0.29, 0.717) is 46.9 Å². The lowest BCUT2D eigenvalue weighted by Crippen LogP contribution is -2.22. The number of oxime groups is 1. The highest BCUT2D eigenvalue weighted by Crippen LogP contribution is 2.47. The third-order valence-electron chi connectivity index (χ3n) is 7.49. The fourth-order valence-corrected chi connectivity index (χ4v) is 6.35. The zero-order valence-electron chi connectivity index (χ0n) is 25.5. The Balaban J connectivity index is 1.41. The molecule has 0 aromatic heterocycles. The molecule has 0 saturated carbocycles. The minimum absolute atomic E-state index is 0.0858. The first-order valence-corrected chi connectivity index (χ1v) is 15.5. The van der Waals surface area contributed by atoms with Crippen LogP contribution in [0.1, 0.15) is 63.2 Å². The highest BCUT2D eigenvalue weighted by Gasteiger charge is 2.27. The Hall–Kier alpha value is -4.69. The van der Waals surface area contributed by atoms with E-state index in [-0.39, 0.29) is 17.3 Å². The van der Waals surface area contributed by atoms with E-state index >= 15 is 0 Å². The van der Waals surface area contributed by atoms with Gasteiger partial charge >= 0.3 is 5.97 Å². The van der Waals surface area contributed by atoms with Gasteiger partial charge in [-0.2, -0.15) is 0 Å². The van der Waals surface area contributed by atoms with Gasteiger partial charge in [-0.15, -0.1) is 11.8 Å². The first kappa shape index (κ1) is 30.8. The number of rotatable bonds is 10. The average Bonchev–Trinajstić information content (AvgIpc) is 3.01. The molecule has 0 spiro atoms. The number of Topliss-reactive ketones (excluding diaryl/α,β-unsaturated/α-hetero) is 1. The molecule has 1 aliphatic rings. The van der Waals surface area contributed by atoms with Crippen molar-refractivity contribution in [3.63, 3.8) is 0 Å². The third-order valence-corrected chi connectivity index (χ3v) is 8.83. The molecule has 44 heavy (non-hydrogen) atoms. The molecule has 0 atom stereocenters. The zero-order chi connectivity index (χ0) is 31.4. The molecule has 0 saturated heterocycles. The van der Waals surface area contributed by atoms with Crippen LogP contribution in [0.3, 0.4) is 0 Å². The van der Waals surface area contributed by atoms with Crippen molar-refractivity contribution in [3.8, 4) is 11.5 Å². The second-order valence-corrected chi connectivity index (χ2v) is 11.7.